The van der Waals surface area contributed by atoms with Crippen molar-refractivity contribution in [1.82, 2.24) is 5.32 Å². The van der Waals surface area contributed by atoms with Crippen LogP contribution in [0.1, 0.15) is 68.2 Å². The molecule has 3 aromatic rings. The van der Waals surface area contributed by atoms with Crippen LogP contribution in [0.25, 0.3) is 10.8 Å². The summed E-state index contributed by atoms with van der Waals surface area (Å²) < 4.78 is 5.06. The van der Waals surface area contributed by atoms with Gasteiger partial charge in [0.15, 0.2) is 0 Å². The minimum absolute atomic E-state index is 0.111. The van der Waals surface area contributed by atoms with E-state index in [0.29, 0.717) is 31.0 Å². The lowest BCUT2D eigenvalue weighted by Gasteiger charge is -2.22. The van der Waals surface area contributed by atoms with E-state index in [-0.39, 0.29) is 5.97 Å². The predicted octanol–water partition coefficient (Wildman–Crippen LogP) is 6.32. The second-order valence-electron chi connectivity index (χ2n) is 8.71. The molecule has 0 radical (unpaired) electrons. The van der Waals surface area contributed by atoms with Gasteiger partial charge in [-0.05, 0) is 72.9 Å². The molecule has 0 amide bonds. The fraction of sp³-hybridized carbons (Fsp3) is 0.393. The molecule has 1 aliphatic carbocycles. The molecule has 1 aliphatic rings. The smallest absolute Gasteiger partial charge is 0.306 e. The molecule has 1 saturated carbocycles. The monoisotopic (exact) mass is 415 g/mol. The summed E-state index contributed by atoms with van der Waals surface area (Å²) in [6, 6.07) is 24.9. The van der Waals surface area contributed by atoms with Gasteiger partial charge < -0.3 is 10.1 Å². The third-order valence-corrected chi connectivity index (χ3v) is 6.55. The molecule has 31 heavy (non-hydrogen) atoms. The Balaban J connectivity index is 1.37. The van der Waals surface area contributed by atoms with Crippen LogP contribution < -0.4 is 5.32 Å². The summed E-state index contributed by atoms with van der Waals surface area (Å²) in [5, 5.41) is 6.54. The van der Waals surface area contributed by atoms with E-state index in [9.17, 15) is 4.79 Å². The van der Waals surface area contributed by atoms with Crippen LogP contribution in [0.4, 0.5) is 0 Å². The SMILES string of the molecule is CCOC(=O)CCc1cccc([C@H]2CC[C@@H](N[C@H](C)c3cccc4ccccc34)C2)c1. The Bertz CT molecular complexity index is 1020. The van der Waals surface area contributed by atoms with Gasteiger partial charge in [-0.1, -0.05) is 66.7 Å². The fourth-order valence-corrected chi connectivity index (χ4v) is 4.99. The Morgan fingerprint density at radius 1 is 1.06 bits per heavy atom. The van der Waals surface area contributed by atoms with Crippen molar-refractivity contribution in [1.29, 1.82) is 0 Å². The molecule has 3 heteroatoms. The van der Waals surface area contributed by atoms with Gasteiger partial charge in [-0.25, -0.2) is 0 Å². The summed E-state index contributed by atoms with van der Waals surface area (Å²) in [5.74, 6) is 0.472. The first-order chi connectivity index (χ1) is 15.1. The summed E-state index contributed by atoms with van der Waals surface area (Å²) in [6.45, 7) is 4.59. The molecule has 0 bridgehead atoms. The van der Waals surface area contributed by atoms with Crippen molar-refractivity contribution in [3.05, 3.63) is 83.4 Å². The summed E-state index contributed by atoms with van der Waals surface area (Å²) in [7, 11) is 0. The van der Waals surface area contributed by atoms with Gasteiger partial charge in [0, 0.05) is 18.5 Å². The highest BCUT2D eigenvalue weighted by molar-refractivity contribution is 5.86. The predicted molar refractivity (Wildman–Crippen MR) is 127 cm³/mol. The minimum atomic E-state index is -0.111. The quantitative estimate of drug-likeness (QED) is 0.437. The number of hydrogen-bond donors (Lipinski definition) is 1. The van der Waals surface area contributed by atoms with Crippen LogP contribution in [0.3, 0.4) is 0 Å². The largest absolute Gasteiger partial charge is 0.466 e. The average molecular weight is 416 g/mol. The maximum Gasteiger partial charge on any atom is 0.306 e. The summed E-state index contributed by atoms with van der Waals surface area (Å²) >= 11 is 0. The Morgan fingerprint density at radius 3 is 2.74 bits per heavy atom. The Hall–Kier alpha value is -2.65. The molecule has 0 aliphatic heterocycles. The Morgan fingerprint density at radius 2 is 1.87 bits per heavy atom. The van der Waals surface area contributed by atoms with Gasteiger partial charge >= 0.3 is 5.97 Å². The number of fused-ring (bicyclic) bond motifs is 1. The van der Waals surface area contributed by atoms with E-state index in [2.05, 4.69) is 79.0 Å². The van der Waals surface area contributed by atoms with Crippen LogP contribution in [0.2, 0.25) is 0 Å². The molecular weight excluding hydrogens is 382 g/mol. The van der Waals surface area contributed by atoms with Crippen LogP contribution in [-0.4, -0.2) is 18.6 Å². The second-order valence-corrected chi connectivity index (χ2v) is 8.71. The molecule has 3 nitrogen and oxygen atoms in total. The van der Waals surface area contributed by atoms with Crippen LogP contribution in [0.15, 0.2) is 66.7 Å². The standard InChI is InChI=1S/C28H33NO2/c1-3-31-28(30)17-14-21-8-6-11-23(18-21)24-15-16-25(19-24)29-20(2)26-13-7-10-22-9-4-5-12-27(22)26/h4-13,18,20,24-25,29H,3,14-17,19H2,1-2H3/t20-,24+,25-/m1/s1. The van der Waals surface area contributed by atoms with Crippen molar-refractivity contribution in [3.8, 4) is 0 Å². The third kappa shape index (κ3) is 5.34. The lowest BCUT2D eigenvalue weighted by atomic mass is 9.94. The van der Waals surface area contributed by atoms with E-state index < -0.39 is 0 Å². The fourth-order valence-electron chi connectivity index (χ4n) is 4.99. The first kappa shape index (κ1) is 21.6. The van der Waals surface area contributed by atoms with Gasteiger partial charge in [-0.15, -0.1) is 0 Å². The molecule has 1 N–H and O–H groups in total. The summed E-state index contributed by atoms with van der Waals surface area (Å²) in [6.07, 6.45) is 4.78. The Labute approximate surface area is 185 Å². The molecular formula is C28H33NO2. The van der Waals surface area contributed by atoms with Gasteiger partial charge in [0.05, 0.1) is 6.61 Å². The lowest BCUT2D eigenvalue weighted by molar-refractivity contribution is -0.143. The van der Waals surface area contributed by atoms with Crippen molar-refractivity contribution in [2.45, 2.75) is 64.0 Å². The highest BCUT2D eigenvalue weighted by Gasteiger charge is 2.27. The number of carbonyl (C=O) groups excluding carboxylic acids is 1. The molecule has 4 rings (SSSR count). The number of aryl methyl sites for hydroxylation is 1. The molecule has 0 unspecified atom stereocenters. The van der Waals surface area contributed by atoms with Gasteiger partial charge in [-0.3, -0.25) is 4.79 Å². The highest BCUT2D eigenvalue weighted by atomic mass is 16.5. The molecule has 0 aromatic heterocycles. The van der Waals surface area contributed by atoms with E-state index in [1.54, 1.807) is 0 Å². The van der Waals surface area contributed by atoms with Crippen LogP contribution in [-0.2, 0) is 16.0 Å². The normalized spacial score (nSPS) is 19.4. The number of esters is 1. The van der Waals surface area contributed by atoms with Crippen LogP contribution in [0, 0.1) is 0 Å². The highest BCUT2D eigenvalue weighted by Crippen LogP contribution is 2.36. The van der Waals surface area contributed by atoms with E-state index in [4.69, 9.17) is 4.74 Å². The number of benzene rings is 3. The van der Waals surface area contributed by atoms with Crippen molar-refractivity contribution >= 4 is 16.7 Å². The number of rotatable bonds is 8. The average Bonchev–Trinajstić information content (AvgIpc) is 3.26. The number of hydrogen-bond acceptors (Lipinski definition) is 3. The van der Waals surface area contributed by atoms with Gasteiger partial charge in [0.1, 0.15) is 0 Å². The maximum atomic E-state index is 11.7. The minimum Gasteiger partial charge on any atom is -0.466 e. The second kappa shape index (κ2) is 10.1. The van der Waals surface area contributed by atoms with E-state index >= 15 is 0 Å². The topological polar surface area (TPSA) is 38.3 Å². The molecule has 0 spiro atoms. The van der Waals surface area contributed by atoms with Crippen LogP contribution >= 0.6 is 0 Å². The lowest BCUT2D eigenvalue weighted by Crippen LogP contribution is -2.29. The Kier molecular flexibility index (Phi) is 7.03. The van der Waals surface area contributed by atoms with Gasteiger partial charge in [0.25, 0.3) is 0 Å². The maximum absolute atomic E-state index is 11.7. The van der Waals surface area contributed by atoms with Gasteiger partial charge in [0.2, 0.25) is 0 Å². The zero-order valence-electron chi connectivity index (χ0n) is 18.6. The zero-order valence-corrected chi connectivity index (χ0v) is 18.6. The number of carbonyl (C=O) groups is 1. The number of ether oxygens (including phenoxy) is 1. The first-order valence-electron chi connectivity index (χ1n) is 11.6. The molecule has 3 aromatic carbocycles. The molecule has 3 atom stereocenters. The van der Waals surface area contributed by atoms with E-state index in [1.807, 2.05) is 6.92 Å². The van der Waals surface area contributed by atoms with Crippen molar-refractivity contribution < 1.29 is 9.53 Å². The van der Waals surface area contributed by atoms with Crippen molar-refractivity contribution in [3.63, 3.8) is 0 Å². The van der Waals surface area contributed by atoms with E-state index in [0.717, 1.165) is 12.8 Å². The van der Waals surface area contributed by atoms with Crippen LogP contribution in [0.5, 0.6) is 0 Å². The third-order valence-electron chi connectivity index (χ3n) is 6.55. The summed E-state index contributed by atoms with van der Waals surface area (Å²) in [5.41, 5.74) is 4.01. The zero-order chi connectivity index (χ0) is 21.6. The van der Waals surface area contributed by atoms with Crippen molar-refractivity contribution in [2.75, 3.05) is 6.61 Å². The number of nitrogens with one attached hydrogen (secondary N) is 1. The summed E-state index contributed by atoms with van der Waals surface area (Å²) in [4.78, 5) is 11.7. The van der Waals surface area contributed by atoms with Crippen molar-refractivity contribution in [2.24, 2.45) is 0 Å². The molecule has 162 valence electrons. The first-order valence-corrected chi connectivity index (χ1v) is 11.6. The molecule has 1 fully saturated rings. The van der Waals surface area contributed by atoms with E-state index in [1.165, 1.54) is 40.3 Å². The van der Waals surface area contributed by atoms with Gasteiger partial charge in [-0.2, -0.15) is 0 Å². The molecule has 0 heterocycles. The molecule has 0 saturated heterocycles.